The predicted molar refractivity (Wildman–Crippen MR) is 76.9 cm³/mol. The van der Waals surface area contributed by atoms with Crippen molar-refractivity contribution in [3.8, 4) is 11.1 Å². The summed E-state index contributed by atoms with van der Waals surface area (Å²) in [5.41, 5.74) is 2.13. The smallest absolute Gasteiger partial charge is 0.338 e. The normalized spacial score (nSPS) is 11.4. The van der Waals surface area contributed by atoms with Gasteiger partial charge < -0.3 is 5.11 Å². The van der Waals surface area contributed by atoms with E-state index in [0.717, 1.165) is 18.4 Å². The third kappa shape index (κ3) is 3.40. The highest BCUT2D eigenvalue weighted by atomic mass is 35.5. The van der Waals surface area contributed by atoms with Gasteiger partial charge in [0, 0.05) is 6.26 Å². The lowest BCUT2D eigenvalue weighted by atomic mass is 10.2. The van der Waals surface area contributed by atoms with E-state index >= 15 is 0 Å². The van der Waals surface area contributed by atoms with Gasteiger partial charge in [0.25, 0.3) is 0 Å². The molecule has 1 aromatic carbocycles. The average molecular weight is 329 g/mol. The van der Waals surface area contributed by atoms with E-state index in [1.165, 1.54) is 11.1 Å². The number of benzene rings is 2. The number of hydrogen-bond donors (Lipinski definition) is 1. The van der Waals surface area contributed by atoms with E-state index < -0.39 is 32.1 Å². The van der Waals surface area contributed by atoms with E-state index in [1.54, 1.807) is 0 Å². The van der Waals surface area contributed by atoms with Crippen molar-refractivity contribution in [1.29, 1.82) is 0 Å². The van der Waals surface area contributed by atoms with Gasteiger partial charge in [0.1, 0.15) is 4.90 Å². The first kappa shape index (κ1) is 15.5. The molecule has 0 atom stereocenters. The van der Waals surface area contributed by atoms with Crippen molar-refractivity contribution in [2.75, 3.05) is 6.26 Å². The SMILES string of the molecule is CS(=O)(=O)c1c(Cl)ccc(C(=O)O)c1F.c1cc2cc-2c1. The Balaban J connectivity index is 0.000000218. The molecule has 1 aromatic rings. The predicted octanol–water partition coefficient (Wildman–Crippen LogP) is 3.25. The topological polar surface area (TPSA) is 71.4 Å². The molecule has 0 bridgehead atoms. The zero-order valence-electron chi connectivity index (χ0n) is 10.8. The molecule has 0 unspecified atom stereocenters. The summed E-state index contributed by atoms with van der Waals surface area (Å²) < 4.78 is 35.7. The number of carboxylic acid groups (broad SMARTS) is 1. The number of aromatic carboxylic acids is 1. The minimum absolute atomic E-state index is 0.333. The maximum absolute atomic E-state index is 13.4. The lowest BCUT2D eigenvalue weighted by molar-refractivity contribution is 0.0691. The first-order valence-electron chi connectivity index (χ1n) is 5.73. The van der Waals surface area contributed by atoms with E-state index in [0.29, 0.717) is 0 Å². The van der Waals surface area contributed by atoms with Crippen LogP contribution in [0.15, 0.2) is 41.3 Å². The summed E-state index contributed by atoms with van der Waals surface area (Å²) in [4.78, 5) is 9.75. The highest BCUT2D eigenvalue weighted by Crippen LogP contribution is 2.32. The Labute approximate surface area is 125 Å². The highest BCUT2D eigenvalue weighted by Gasteiger charge is 2.23. The fraction of sp³-hybridized carbons (Fsp3) is 0.0714. The molecule has 3 rings (SSSR count). The van der Waals surface area contributed by atoms with Crippen LogP contribution in [0.5, 0.6) is 0 Å². The third-order valence-electron chi connectivity index (χ3n) is 2.76. The molecule has 2 aliphatic rings. The minimum atomic E-state index is -3.89. The van der Waals surface area contributed by atoms with Crippen LogP contribution in [0.2, 0.25) is 5.02 Å². The molecule has 4 nitrogen and oxygen atoms in total. The van der Waals surface area contributed by atoms with E-state index in [4.69, 9.17) is 16.7 Å². The molecule has 0 radical (unpaired) electrons. The molecule has 0 aromatic heterocycles. The Morgan fingerprint density at radius 2 is 1.76 bits per heavy atom. The molecule has 2 aliphatic carbocycles. The summed E-state index contributed by atoms with van der Waals surface area (Å²) in [6.07, 6.45) is 0.753. The van der Waals surface area contributed by atoms with Crippen LogP contribution in [0.1, 0.15) is 10.4 Å². The summed E-state index contributed by atoms with van der Waals surface area (Å²) >= 11 is 5.48. The van der Waals surface area contributed by atoms with E-state index in [-0.39, 0.29) is 5.02 Å². The number of rotatable bonds is 2. The van der Waals surface area contributed by atoms with Crippen molar-refractivity contribution in [2.24, 2.45) is 0 Å². The highest BCUT2D eigenvalue weighted by molar-refractivity contribution is 7.90. The second-order valence-electron chi connectivity index (χ2n) is 4.40. The van der Waals surface area contributed by atoms with Crippen molar-refractivity contribution >= 4 is 27.4 Å². The average Bonchev–Trinajstić information content (AvgIpc) is 2.94. The first-order valence-corrected chi connectivity index (χ1v) is 8.00. The molecule has 1 N–H and O–H groups in total. The van der Waals surface area contributed by atoms with Crippen LogP contribution in [0.3, 0.4) is 0 Å². The van der Waals surface area contributed by atoms with Gasteiger partial charge in [-0.15, -0.1) is 0 Å². The molecular weight excluding hydrogens is 319 g/mol. The summed E-state index contributed by atoms with van der Waals surface area (Å²) in [7, 11) is -3.89. The monoisotopic (exact) mass is 328 g/mol. The van der Waals surface area contributed by atoms with Crippen molar-refractivity contribution in [3.63, 3.8) is 0 Å². The van der Waals surface area contributed by atoms with Crippen molar-refractivity contribution in [2.45, 2.75) is 4.90 Å². The van der Waals surface area contributed by atoms with Gasteiger partial charge in [0.05, 0.1) is 10.6 Å². The van der Waals surface area contributed by atoms with Crippen LogP contribution in [-0.4, -0.2) is 25.7 Å². The Kier molecular flexibility index (Phi) is 4.02. The number of halogens is 2. The molecule has 21 heavy (non-hydrogen) atoms. The van der Waals surface area contributed by atoms with Gasteiger partial charge in [-0.2, -0.15) is 0 Å². The molecule has 110 valence electrons. The Bertz CT molecular complexity index is 814. The van der Waals surface area contributed by atoms with Crippen molar-refractivity contribution in [1.82, 2.24) is 0 Å². The molecule has 0 saturated carbocycles. The van der Waals surface area contributed by atoms with Crippen molar-refractivity contribution in [3.05, 3.63) is 52.8 Å². The zero-order chi connectivity index (χ0) is 15.8. The molecular formula is C14H10ClFO4S. The Hall–Kier alpha value is -1.92. The van der Waals surface area contributed by atoms with Gasteiger partial charge in [-0.1, -0.05) is 29.8 Å². The Morgan fingerprint density at radius 3 is 2.10 bits per heavy atom. The van der Waals surface area contributed by atoms with Crippen LogP contribution in [0.25, 0.3) is 11.1 Å². The quantitative estimate of drug-likeness (QED) is 0.784. The zero-order valence-corrected chi connectivity index (χ0v) is 12.4. The number of carboxylic acids is 1. The van der Waals surface area contributed by atoms with Crippen LogP contribution in [0, 0.1) is 5.82 Å². The molecule has 0 heterocycles. The fourth-order valence-electron chi connectivity index (χ4n) is 1.71. The third-order valence-corrected chi connectivity index (χ3v) is 4.33. The van der Waals surface area contributed by atoms with Crippen LogP contribution < -0.4 is 0 Å². The van der Waals surface area contributed by atoms with Gasteiger partial charge in [-0.05, 0) is 29.3 Å². The van der Waals surface area contributed by atoms with Crippen LogP contribution in [-0.2, 0) is 9.84 Å². The van der Waals surface area contributed by atoms with Gasteiger partial charge in [0.15, 0.2) is 15.7 Å². The molecule has 0 saturated heterocycles. The minimum Gasteiger partial charge on any atom is -0.478 e. The van der Waals surface area contributed by atoms with Crippen LogP contribution in [0.4, 0.5) is 4.39 Å². The molecule has 0 fully saturated rings. The maximum atomic E-state index is 13.4. The number of carbonyl (C=O) groups is 1. The Morgan fingerprint density at radius 1 is 1.19 bits per heavy atom. The van der Waals surface area contributed by atoms with Gasteiger partial charge in [0.2, 0.25) is 0 Å². The van der Waals surface area contributed by atoms with E-state index in [9.17, 15) is 17.6 Å². The largest absolute Gasteiger partial charge is 0.478 e. The van der Waals surface area contributed by atoms with Gasteiger partial charge >= 0.3 is 5.97 Å². The molecule has 7 heteroatoms. The molecule has 0 aliphatic heterocycles. The number of fused-ring (bicyclic) bond motifs is 1. The second-order valence-corrected chi connectivity index (χ2v) is 6.76. The summed E-state index contributed by atoms with van der Waals surface area (Å²) in [5, 5.41) is 8.24. The summed E-state index contributed by atoms with van der Waals surface area (Å²) in [6.45, 7) is 0. The standard InChI is InChI=1S/C8H6ClFO4S.C6H4/c1-15(13,14)7-5(9)3-2-4(6(7)10)8(11)12;1-2-5-4-6(5)3-1/h2-3H,1H3,(H,11,12);1-4H. The summed E-state index contributed by atoms with van der Waals surface area (Å²) in [5.74, 6) is -2.88. The maximum Gasteiger partial charge on any atom is 0.338 e. The summed E-state index contributed by atoms with van der Waals surface area (Å²) in [6, 6.07) is 10.4. The van der Waals surface area contributed by atoms with Crippen LogP contribution >= 0.6 is 11.6 Å². The second kappa shape index (κ2) is 5.46. The van der Waals surface area contributed by atoms with Crippen molar-refractivity contribution < 1.29 is 22.7 Å². The number of hydrogen-bond acceptors (Lipinski definition) is 3. The fourth-order valence-corrected chi connectivity index (χ4v) is 3.14. The number of sulfone groups is 1. The first-order chi connectivity index (χ1) is 9.71. The molecule has 0 amide bonds. The van der Waals surface area contributed by atoms with E-state index in [1.807, 2.05) is 0 Å². The lowest BCUT2D eigenvalue weighted by Gasteiger charge is -2.05. The van der Waals surface area contributed by atoms with Gasteiger partial charge in [-0.3, -0.25) is 0 Å². The van der Waals surface area contributed by atoms with Gasteiger partial charge in [-0.25, -0.2) is 17.6 Å². The van der Waals surface area contributed by atoms with E-state index in [2.05, 4.69) is 24.3 Å². The molecule has 0 spiro atoms. The lowest BCUT2D eigenvalue weighted by Crippen LogP contribution is -2.08.